The van der Waals surface area contributed by atoms with E-state index in [0.29, 0.717) is 6.07 Å². The van der Waals surface area contributed by atoms with E-state index in [9.17, 15) is 22.8 Å². The first kappa shape index (κ1) is 12.7. The van der Waals surface area contributed by atoms with E-state index in [2.05, 4.69) is 0 Å². The van der Waals surface area contributed by atoms with Crippen LogP contribution >= 0.6 is 0 Å². The van der Waals surface area contributed by atoms with E-state index in [1.807, 2.05) is 0 Å². The molecule has 2 atom stereocenters. The highest BCUT2D eigenvalue weighted by atomic mass is 19.2. The quantitative estimate of drug-likeness (QED) is 0.919. The van der Waals surface area contributed by atoms with Crippen molar-refractivity contribution in [2.45, 2.75) is 18.6 Å². The van der Waals surface area contributed by atoms with Gasteiger partial charge in [-0.3, -0.25) is 4.79 Å². The lowest BCUT2D eigenvalue weighted by atomic mass is 10.1. The van der Waals surface area contributed by atoms with Gasteiger partial charge in [0.2, 0.25) is 5.43 Å². The first-order valence-corrected chi connectivity index (χ1v) is 5.81. The van der Waals surface area contributed by atoms with Crippen LogP contribution in [0.2, 0.25) is 0 Å². The maximum Gasteiger partial charge on any atom is 0.341 e. The Bertz CT molecular complexity index is 800. The number of aromatic nitrogens is 1. The lowest BCUT2D eigenvalue weighted by Gasteiger charge is -2.11. The second-order valence-electron chi connectivity index (χ2n) is 4.69. The van der Waals surface area contributed by atoms with Gasteiger partial charge in [-0.15, -0.1) is 0 Å². The van der Waals surface area contributed by atoms with Gasteiger partial charge in [-0.25, -0.2) is 18.0 Å². The maximum absolute atomic E-state index is 13.3. The summed E-state index contributed by atoms with van der Waals surface area (Å²) in [5, 5.41) is 8.69. The molecule has 0 aliphatic heterocycles. The number of aromatic carboxylic acids is 1. The highest BCUT2D eigenvalue weighted by Gasteiger charge is 2.40. The summed E-state index contributed by atoms with van der Waals surface area (Å²) in [6.45, 7) is 0. The molecule has 0 spiro atoms. The van der Waals surface area contributed by atoms with Gasteiger partial charge in [-0.1, -0.05) is 0 Å². The Balaban J connectivity index is 2.41. The molecule has 2 aromatic rings. The van der Waals surface area contributed by atoms with Gasteiger partial charge in [0, 0.05) is 24.1 Å². The minimum atomic E-state index is -1.49. The second-order valence-corrected chi connectivity index (χ2v) is 4.69. The van der Waals surface area contributed by atoms with Gasteiger partial charge in [0.25, 0.3) is 0 Å². The van der Waals surface area contributed by atoms with Crippen molar-refractivity contribution in [2.24, 2.45) is 0 Å². The molecule has 1 aliphatic rings. The molecule has 1 aliphatic carbocycles. The van der Waals surface area contributed by atoms with Crippen LogP contribution in [0.4, 0.5) is 13.2 Å². The third-order valence-electron chi connectivity index (χ3n) is 3.34. The number of rotatable bonds is 2. The number of alkyl halides is 1. The fraction of sp³-hybridized carbons (Fsp3) is 0.231. The number of hydrogen-bond donors (Lipinski definition) is 1. The van der Waals surface area contributed by atoms with Crippen LogP contribution in [-0.2, 0) is 0 Å². The molecular formula is C13H8F3NO3. The Morgan fingerprint density at radius 1 is 1.30 bits per heavy atom. The first-order valence-electron chi connectivity index (χ1n) is 5.81. The van der Waals surface area contributed by atoms with Crippen molar-refractivity contribution in [1.82, 2.24) is 4.57 Å². The number of carbonyl (C=O) groups is 1. The number of hydrogen-bond acceptors (Lipinski definition) is 2. The summed E-state index contributed by atoms with van der Waals surface area (Å²) in [5.74, 6) is -3.92. The summed E-state index contributed by atoms with van der Waals surface area (Å²) >= 11 is 0. The SMILES string of the molecule is O=C(O)c1cn([C@H]2C[C@@H]2F)c2cc(F)c(F)cc2c1=O. The van der Waals surface area contributed by atoms with Gasteiger partial charge in [-0.05, 0) is 6.07 Å². The highest BCUT2D eigenvalue weighted by molar-refractivity contribution is 5.92. The number of nitrogens with zero attached hydrogens (tertiary/aromatic N) is 1. The maximum atomic E-state index is 13.3. The topological polar surface area (TPSA) is 59.3 Å². The van der Waals surface area contributed by atoms with Crippen molar-refractivity contribution in [3.8, 4) is 0 Å². The summed E-state index contributed by atoms with van der Waals surface area (Å²) in [6, 6.07) is 0.773. The normalized spacial score (nSPS) is 21.1. The first-order chi connectivity index (χ1) is 9.40. The zero-order valence-electron chi connectivity index (χ0n) is 9.94. The Kier molecular flexibility index (Phi) is 2.60. The molecule has 0 saturated heterocycles. The molecule has 104 valence electrons. The standard InChI is InChI=1S/C13H8F3NO3/c14-7-1-5-10(2-8(7)15)17(11-3-9(11)16)4-6(12(5)18)13(19)20/h1-2,4,9,11H,3H2,(H,19,20)/t9-,11-/m0/s1. The minimum absolute atomic E-state index is 0.0101. The van der Waals surface area contributed by atoms with Gasteiger partial charge in [0.05, 0.1) is 11.6 Å². The molecule has 1 heterocycles. The number of halogens is 3. The van der Waals surface area contributed by atoms with Crippen LogP contribution < -0.4 is 5.43 Å². The van der Waals surface area contributed by atoms with E-state index in [4.69, 9.17) is 5.11 Å². The van der Waals surface area contributed by atoms with Crippen LogP contribution in [0, 0.1) is 11.6 Å². The molecule has 7 heteroatoms. The number of fused-ring (bicyclic) bond motifs is 1. The predicted molar refractivity (Wildman–Crippen MR) is 63.6 cm³/mol. The van der Waals surface area contributed by atoms with Crippen LogP contribution in [0.15, 0.2) is 23.1 Å². The van der Waals surface area contributed by atoms with Crippen molar-refractivity contribution in [1.29, 1.82) is 0 Å². The Hall–Kier alpha value is -2.31. The van der Waals surface area contributed by atoms with Crippen LogP contribution in [0.5, 0.6) is 0 Å². The molecule has 1 aromatic heterocycles. The van der Waals surface area contributed by atoms with E-state index >= 15 is 0 Å². The van der Waals surface area contributed by atoms with E-state index in [1.54, 1.807) is 0 Å². The predicted octanol–water partition coefficient (Wildman–Crippen LogP) is 2.26. The van der Waals surface area contributed by atoms with Crippen LogP contribution in [-0.4, -0.2) is 21.8 Å². The van der Waals surface area contributed by atoms with Gasteiger partial charge in [0.15, 0.2) is 11.6 Å². The molecule has 20 heavy (non-hydrogen) atoms. The van der Waals surface area contributed by atoms with Gasteiger partial charge < -0.3 is 9.67 Å². The number of carboxylic acids is 1. The molecule has 1 aromatic carbocycles. The summed E-state index contributed by atoms with van der Waals surface area (Å²) in [4.78, 5) is 23.0. The molecular weight excluding hydrogens is 275 g/mol. The molecule has 0 unspecified atom stereocenters. The van der Waals surface area contributed by atoms with Crippen molar-refractivity contribution >= 4 is 16.9 Å². The van der Waals surface area contributed by atoms with Gasteiger partial charge in [-0.2, -0.15) is 0 Å². The smallest absolute Gasteiger partial charge is 0.341 e. The molecule has 0 amide bonds. The summed E-state index contributed by atoms with van der Waals surface area (Å²) in [7, 11) is 0. The van der Waals surface area contributed by atoms with Crippen LogP contribution in [0.25, 0.3) is 10.9 Å². The van der Waals surface area contributed by atoms with Crippen molar-refractivity contribution < 1.29 is 23.1 Å². The molecule has 4 nitrogen and oxygen atoms in total. The monoisotopic (exact) mass is 283 g/mol. The van der Waals surface area contributed by atoms with Crippen molar-refractivity contribution in [3.05, 3.63) is 45.8 Å². The van der Waals surface area contributed by atoms with E-state index in [-0.39, 0.29) is 17.3 Å². The average Bonchev–Trinajstić information content (AvgIpc) is 3.09. The summed E-state index contributed by atoms with van der Waals surface area (Å²) in [6.07, 6.45) is -0.0552. The van der Waals surface area contributed by atoms with Gasteiger partial charge >= 0.3 is 5.97 Å². The Labute approximate surface area is 110 Å². The zero-order chi connectivity index (χ0) is 14.6. The fourth-order valence-corrected chi connectivity index (χ4v) is 2.21. The summed E-state index contributed by atoms with van der Waals surface area (Å²) in [5.41, 5.74) is -1.52. The lowest BCUT2D eigenvalue weighted by Crippen LogP contribution is -2.19. The van der Waals surface area contributed by atoms with E-state index < -0.39 is 40.8 Å². The van der Waals surface area contributed by atoms with Gasteiger partial charge in [0.1, 0.15) is 11.7 Å². The lowest BCUT2D eigenvalue weighted by molar-refractivity contribution is 0.0694. The zero-order valence-corrected chi connectivity index (χ0v) is 9.94. The third-order valence-corrected chi connectivity index (χ3v) is 3.34. The summed E-state index contributed by atoms with van der Waals surface area (Å²) < 4.78 is 40.9. The van der Waals surface area contributed by atoms with Crippen LogP contribution in [0.1, 0.15) is 22.8 Å². The van der Waals surface area contributed by atoms with Crippen LogP contribution in [0.3, 0.4) is 0 Å². The van der Waals surface area contributed by atoms with E-state index in [1.165, 1.54) is 4.57 Å². The Morgan fingerprint density at radius 2 is 1.90 bits per heavy atom. The molecule has 3 rings (SSSR count). The largest absolute Gasteiger partial charge is 0.477 e. The Morgan fingerprint density at radius 3 is 2.45 bits per heavy atom. The second kappa shape index (κ2) is 4.09. The number of benzene rings is 1. The third kappa shape index (κ3) is 1.77. The minimum Gasteiger partial charge on any atom is -0.477 e. The van der Waals surface area contributed by atoms with E-state index in [0.717, 1.165) is 12.3 Å². The van der Waals surface area contributed by atoms with Crippen molar-refractivity contribution in [3.63, 3.8) is 0 Å². The average molecular weight is 283 g/mol. The van der Waals surface area contributed by atoms with Crippen molar-refractivity contribution in [2.75, 3.05) is 0 Å². The molecule has 1 N–H and O–H groups in total. The number of pyridine rings is 1. The molecule has 1 fully saturated rings. The number of carboxylic acid groups (broad SMARTS) is 1. The highest BCUT2D eigenvalue weighted by Crippen LogP contribution is 2.40. The fourth-order valence-electron chi connectivity index (χ4n) is 2.21. The molecule has 0 bridgehead atoms. The molecule has 1 saturated carbocycles. The molecule has 0 radical (unpaired) electrons.